The maximum absolute atomic E-state index is 11.7. The lowest BCUT2D eigenvalue weighted by Crippen LogP contribution is -2.66. The Morgan fingerprint density at radius 3 is 3.14 bits per heavy atom. The van der Waals surface area contributed by atoms with Gasteiger partial charge in [-0.2, -0.15) is 17.6 Å². The first-order valence-electron chi connectivity index (χ1n) is 6.23. The van der Waals surface area contributed by atoms with Crippen molar-refractivity contribution < 1.29 is 24.7 Å². The normalized spacial score (nSPS) is 23.0. The molecule has 2 rings (SSSR count). The monoisotopic (exact) mass is 317 g/mol. The molecule has 1 aromatic heterocycles. The molecule has 9 nitrogen and oxygen atoms in total. The minimum atomic E-state index is -0.740. The molecular formula is C11H17N4O5S+. The van der Waals surface area contributed by atoms with E-state index in [-0.39, 0.29) is 19.0 Å². The SMILES string of the molecule is Nc1ccn(C2COC(COC(=O)C([NH3+])CS)O2)c(=O)n1. The third-order valence-electron chi connectivity index (χ3n) is 2.81. The standard InChI is InChI=1S/C11H16N4O5S/c12-6(5-21)10(16)19-4-9-18-3-8(20-9)15-2-1-7(13)14-11(15)17/h1-2,6,8-9,21H,3-5,12H2,(H2,13,14,17)/p+1. The first-order chi connectivity index (χ1) is 10.0. The van der Waals surface area contributed by atoms with Gasteiger partial charge >= 0.3 is 11.7 Å². The Morgan fingerprint density at radius 1 is 1.71 bits per heavy atom. The molecule has 21 heavy (non-hydrogen) atoms. The molecule has 3 unspecified atom stereocenters. The number of nitrogens with two attached hydrogens (primary N) is 1. The van der Waals surface area contributed by atoms with Gasteiger partial charge in [-0.25, -0.2) is 9.59 Å². The Kier molecular flexibility index (Phi) is 5.17. The summed E-state index contributed by atoms with van der Waals surface area (Å²) in [6.07, 6.45) is 0.102. The third-order valence-corrected chi connectivity index (χ3v) is 3.25. The second-order valence-electron chi connectivity index (χ2n) is 4.41. The Bertz CT molecular complexity index is 566. The third kappa shape index (κ3) is 3.94. The predicted molar refractivity (Wildman–Crippen MR) is 74.3 cm³/mol. The summed E-state index contributed by atoms with van der Waals surface area (Å²) in [5.74, 6) is -0.0544. The van der Waals surface area contributed by atoms with Crippen molar-refractivity contribution in [2.75, 3.05) is 24.7 Å². The van der Waals surface area contributed by atoms with Crippen LogP contribution in [0.5, 0.6) is 0 Å². The molecule has 3 atom stereocenters. The largest absolute Gasteiger partial charge is 0.456 e. The number of hydrogen-bond donors (Lipinski definition) is 3. The summed E-state index contributed by atoms with van der Waals surface area (Å²) in [6, 6.07) is 0.937. The van der Waals surface area contributed by atoms with Crippen molar-refractivity contribution in [3.05, 3.63) is 22.7 Å². The zero-order valence-electron chi connectivity index (χ0n) is 11.2. The van der Waals surface area contributed by atoms with Crippen molar-refractivity contribution in [3.63, 3.8) is 0 Å². The highest BCUT2D eigenvalue weighted by Gasteiger charge is 2.30. The lowest BCUT2D eigenvalue weighted by molar-refractivity contribution is -0.401. The van der Waals surface area contributed by atoms with E-state index < -0.39 is 30.2 Å². The van der Waals surface area contributed by atoms with E-state index in [0.717, 1.165) is 0 Å². The van der Waals surface area contributed by atoms with Crippen molar-refractivity contribution in [1.29, 1.82) is 0 Å². The summed E-state index contributed by atoms with van der Waals surface area (Å²) in [4.78, 5) is 26.7. The van der Waals surface area contributed by atoms with E-state index in [0.29, 0.717) is 5.75 Å². The number of rotatable bonds is 5. The van der Waals surface area contributed by atoms with Crippen LogP contribution in [0.15, 0.2) is 17.1 Å². The molecule has 1 aliphatic rings. The summed E-state index contributed by atoms with van der Waals surface area (Å²) in [5.41, 5.74) is 8.46. The lowest BCUT2D eigenvalue weighted by Gasteiger charge is -2.14. The van der Waals surface area contributed by atoms with Crippen LogP contribution >= 0.6 is 12.6 Å². The minimum Gasteiger partial charge on any atom is -0.456 e. The molecule has 0 radical (unpaired) electrons. The van der Waals surface area contributed by atoms with Crippen molar-refractivity contribution in [1.82, 2.24) is 9.55 Å². The molecule has 116 valence electrons. The second kappa shape index (κ2) is 6.89. The number of nitrogens with zero attached hydrogens (tertiary/aromatic N) is 2. The number of ether oxygens (including phenoxy) is 3. The van der Waals surface area contributed by atoms with Crippen LogP contribution in [0.2, 0.25) is 0 Å². The predicted octanol–water partition coefficient (Wildman–Crippen LogP) is -2.22. The first kappa shape index (κ1) is 15.8. The van der Waals surface area contributed by atoms with Gasteiger partial charge in [0.1, 0.15) is 12.4 Å². The smallest absolute Gasteiger partial charge is 0.365 e. The summed E-state index contributed by atoms with van der Waals surface area (Å²) < 4.78 is 17.0. The number of quaternary nitrogens is 1. The summed E-state index contributed by atoms with van der Waals surface area (Å²) in [7, 11) is 0. The molecule has 0 spiro atoms. The van der Waals surface area contributed by atoms with Gasteiger partial charge in [0.2, 0.25) is 0 Å². The molecule has 0 aromatic carbocycles. The molecule has 0 saturated carbocycles. The molecule has 0 amide bonds. The van der Waals surface area contributed by atoms with E-state index in [1.807, 2.05) is 0 Å². The summed E-state index contributed by atoms with van der Waals surface area (Å²) in [5, 5.41) is 0. The molecule has 0 bridgehead atoms. The molecule has 1 fully saturated rings. The van der Waals surface area contributed by atoms with Crippen LogP contribution in [0.4, 0.5) is 5.82 Å². The van der Waals surface area contributed by atoms with Crippen LogP contribution in [0.1, 0.15) is 6.23 Å². The van der Waals surface area contributed by atoms with Crippen LogP contribution in [0.3, 0.4) is 0 Å². The van der Waals surface area contributed by atoms with Gasteiger partial charge in [-0.15, -0.1) is 0 Å². The van der Waals surface area contributed by atoms with Crippen LogP contribution < -0.4 is 17.2 Å². The molecule has 5 N–H and O–H groups in total. The average molecular weight is 317 g/mol. The molecule has 10 heteroatoms. The van der Waals surface area contributed by atoms with E-state index in [9.17, 15) is 9.59 Å². The van der Waals surface area contributed by atoms with Crippen molar-refractivity contribution in [2.45, 2.75) is 18.6 Å². The highest BCUT2D eigenvalue weighted by atomic mass is 32.1. The number of anilines is 1. The minimum absolute atomic E-state index is 0.0771. The lowest BCUT2D eigenvalue weighted by atomic mass is 10.4. The van der Waals surface area contributed by atoms with Crippen molar-refractivity contribution >= 4 is 24.4 Å². The molecule has 1 aliphatic heterocycles. The van der Waals surface area contributed by atoms with Gasteiger partial charge in [0.05, 0.1) is 12.4 Å². The molecular weight excluding hydrogens is 300 g/mol. The fourth-order valence-electron chi connectivity index (χ4n) is 1.66. The number of nitrogen functional groups attached to an aromatic ring is 1. The zero-order valence-corrected chi connectivity index (χ0v) is 12.1. The van der Waals surface area contributed by atoms with Crippen molar-refractivity contribution in [2.24, 2.45) is 0 Å². The van der Waals surface area contributed by atoms with Crippen molar-refractivity contribution in [3.8, 4) is 0 Å². The van der Waals surface area contributed by atoms with Crippen LogP contribution in [-0.2, 0) is 19.0 Å². The van der Waals surface area contributed by atoms with Crippen LogP contribution in [0.25, 0.3) is 0 Å². The number of aromatic nitrogens is 2. The Morgan fingerprint density at radius 2 is 2.48 bits per heavy atom. The Hall–Kier alpha value is -1.62. The molecule has 1 saturated heterocycles. The molecule has 1 aromatic rings. The van der Waals surface area contributed by atoms with Gasteiger partial charge in [-0.3, -0.25) is 4.57 Å². The van der Waals surface area contributed by atoms with Gasteiger partial charge in [-0.05, 0) is 6.07 Å². The quantitative estimate of drug-likeness (QED) is 0.414. The number of hydrogen-bond acceptors (Lipinski definition) is 8. The Balaban J connectivity index is 1.89. The topological polar surface area (TPSA) is 133 Å². The second-order valence-corrected chi connectivity index (χ2v) is 4.77. The summed E-state index contributed by atoms with van der Waals surface area (Å²) in [6.45, 7) is 0.0698. The van der Waals surface area contributed by atoms with E-state index in [1.165, 1.54) is 16.8 Å². The van der Waals surface area contributed by atoms with Crippen LogP contribution in [0, 0.1) is 0 Å². The van der Waals surface area contributed by atoms with E-state index in [2.05, 4.69) is 23.3 Å². The number of carbonyl (C=O) groups excluding carboxylic acids is 1. The fraction of sp³-hybridized carbons (Fsp3) is 0.545. The van der Waals surface area contributed by atoms with E-state index in [4.69, 9.17) is 19.9 Å². The van der Waals surface area contributed by atoms with Gasteiger partial charge in [0.25, 0.3) is 0 Å². The Labute approximate surface area is 125 Å². The first-order valence-corrected chi connectivity index (χ1v) is 6.87. The number of thiol groups is 1. The van der Waals surface area contributed by atoms with E-state index in [1.54, 1.807) is 0 Å². The number of esters is 1. The van der Waals surface area contributed by atoms with Gasteiger partial charge in [0, 0.05) is 6.20 Å². The summed E-state index contributed by atoms with van der Waals surface area (Å²) >= 11 is 3.96. The zero-order chi connectivity index (χ0) is 15.4. The van der Waals surface area contributed by atoms with Gasteiger partial charge < -0.3 is 25.7 Å². The highest BCUT2D eigenvalue weighted by Crippen LogP contribution is 2.19. The molecule has 2 heterocycles. The maximum Gasteiger partial charge on any atom is 0.365 e. The van der Waals surface area contributed by atoms with E-state index >= 15 is 0 Å². The molecule has 0 aliphatic carbocycles. The maximum atomic E-state index is 11.7. The fourth-order valence-corrected chi connectivity index (χ4v) is 1.81. The van der Waals surface area contributed by atoms with Gasteiger partial charge in [0.15, 0.2) is 18.6 Å². The average Bonchev–Trinajstić information content (AvgIpc) is 2.92. The number of carbonyl (C=O) groups is 1. The van der Waals surface area contributed by atoms with Gasteiger partial charge in [-0.1, -0.05) is 0 Å². The van der Waals surface area contributed by atoms with Crippen LogP contribution in [-0.4, -0.2) is 46.8 Å². The highest BCUT2D eigenvalue weighted by molar-refractivity contribution is 7.80.